The van der Waals surface area contributed by atoms with Gasteiger partial charge in [-0.25, -0.2) is 4.90 Å². The molecule has 0 aromatic heterocycles. The predicted octanol–water partition coefficient (Wildman–Crippen LogP) is 1.39. The summed E-state index contributed by atoms with van der Waals surface area (Å²) in [4.78, 5) is 42.0. The zero-order valence-electron chi connectivity index (χ0n) is 13.2. The van der Waals surface area contributed by atoms with Crippen LogP contribution in [0.3, 0.4) is 0 Å². The first-order chi connectivity index (χ1) is 11.7. The van der Waals surface area contributed by atoms with Gasteiger partial charge in [-0.1, -0.05) is 24.3 Å². The predicted molar refractivity (Wildman–Crippen MR) is 87.1 cm³/mol. The molecule has 122 valence electrons. The van der Waals surface area contributed by atoms with Crippen molar-refractivity contribution in [3.8, 4) is 0 Å². The minimum absolute atomic E-state index is 0.0320. The lowest BCUT2D eigenvalue weighted by molar-refractivity contribution is -0.128. The zero-order chi connectivity index (χ0) is 16.4. The number of imide groups is 1. The van der Waals surface area contributed by atoms with Crippen molar-refractivity contribution in [1.82, 2.24) is 4.90 Å². The molecule has 1 saturated carbocycles. The van der Waals surface area contributed by atoms with E-state index < -0.39 is 17.9 Å². The summed E-state index contributed by atoms with van der Waals surface area (Å²) in [7, 11) is 0. The standard InChI is InChI=1S/C19H18N2O3/c22-14-9-8-13-15-16(17(14)20(13)10-11-6-7-11)19(24)21(18(15)23)12-4-2-1-3-5-12/h1-5,8-9,11,13,15-17H,6-7,10H2/t13?,15?,16-,17?/m0/s1. The number of ketones is 1. The van der Waals surface area contributed by atoms with E-state index in [1.807, 2.05) is 24.3 Å². The van der Waals surface area contributed by atoms with Crippen molar-refractivity contribution in [2.75, 3.05) is 11.4 Å². The van der Waals surface area contributed by atoms with Gasteiger partial charge >= 0.3 is 0 Å². The van der Waals surface area contributed by atoms with E-state index in [0.717, 1.165) is 6.54 Å². The number of para-hydroxylation sites is 1. The lowest BCUT2D eigenvalue weighted by atomic mass is 9.90. The maximum absolute atomic E-state index is 13.0. The number of amides is 2. The number of fused-ring (bicyclic) bond motifs is 5. The fourth-order valence-electron chi connectivity index (χ4n) is 4.53. The van der Waals surface area contributed by atoms with Crippen LogP contribution >= 0.6 is 0 Å². The highest BCUT2D eigenvalue weighted by Crippen LogP contribution is 2.48. The first-order valence-corrected chi connectivity index (χ1v) is 8.57. The highest BCUT2D eigenvalue weighted by molar-refractivity contribution is 6.24. The van der Waals surface area contributed by atoms with Gasteiger partial charge in [-0.3, -0.25) is 19.3 Å². The lowest BCUT2D eigenvalue weighted by Gasteiger charge is -2.33. The molecule has 4 aliphatic rings. The van der Waals surface area contributed by atoms with Crippen LogP contribution in [0, 0.1) is 17.8 Å². The van der Waals surface area contributed by atoms with Gasteiger partial charge in [0.05, 0.1) is 23.6 Å². The Hall–Kier alpha value is -2.27. The summed E-state index contributed by atoms with van der Waals surface area (Å²) in [6.45, 7) is 0.824. The number of rotatable bonds is 3. The Morgan fingerprint density at radius 2 is 1.67 bits per heavy atom. The second kappa shape index (κ2) is 4.86. The van der Waals surface area contributed by atoms with Gasteiger partial charge in [0.2, 0.25) is 11.8 Å². The number of benzene rings is 1. The Kier molecular flexibility index (Phi) is 2.86. The first-order valence-electron chi connectivity index (χ1n) is 8.57. The van der Waals surface area contributed by atoms with Crippen molar-refractivity contribution in [2.24, 2.45) is 17.8 Å². The van der Waals surface area contributed by atoms with Crippen molar-refractivity contribution < 1.29 is 14.4 Å². The number of carbonyl (C=O) groups is 3. The van der Waals surface area contributed by atoms with E-state index in [9.17, 15) is 14.4 Å². The third kappa shape index (κ3) is 1.82. The SMILES string of the molecule is O=C1C=CC2C3C(=O)N(c4ccccc4)C(=O)[C@@H]3C1N2CC1CC1. The van der Waals surface area contributed by atoms with Gasteiger partial charge in [0.25, 0.3) is 0 Å². The molecule has 4 atom stereocenters. The highest BCUT2D eigenvalue weighted by atomic mass is 16.2. The van der Waals surface area contributed by atoms with Gasteiger partial charge in [-0.05, 0) is 37.0 Å². The van der Waals surface area contributed by atoms with Gasteiger partial charge in [-0.15, -0.1) is 0 Å². The zero-order valence-corrected chi connectivity index (χ0v) is 13.2. The van der Waals surface area contributed by atoms with Crippen molar-refractivity contribution in [3.05, 3.63) is 42.5 Å². The molecule has 0 N–H and O–H groups in total. The van der Waals surface area contributed by atoms with Crippen molar-refractivity contribution in [3.63, 3.8) is 0 Å². The molecule has 2 saturated heterocycles. The van der Waals surface area contributed by atoms with Crippen LogP contribution in [-0.4, -0.2) is 41.1 Å². The quantitative estimate of drug-likeness (QED) is 0.789. The molecule has 5 nitrogen and oxygen atoms in total. The fraction of sp³-hybridized carbons (Fsp3) is 0.421. The minimum Gasteiger partial charge on any atom is -0.293 e. The molecule has 0 radical (unpaired) electrons. The third-order valence-electron chi connectivity index (χ3n) is 5.78. The summed E-state index contributed by atoms with van der Waals surface area (Å²) in [6.07, 6.45) is 5.78. The van der Waals surface area contributed by atoms with Crippen LogP contribution < -0.4 is 4.90 Å². The third-order valence-corrected chi connectivity index (χ3v) is 5.78. The Morgan fingerprint density at radius 3 is 2.38 bits per heavy atom. The number of hydrogen-bond donors (Lipinski definition) is 0. The van der Waals surface area contributed by atoms with Gasteiger partial charge in [-0.2, -0.15) is 0 Å². The molecule has 3 heterocycles. The van der Waals surface area contributed by atoms with Gasteiger partial charge in [0.1, 0.15) is 0 Å². The van der Waals surface area contributed by atoms with Gasteiger partial charge in [0, 0.05) is 12.6 Å². The molecule has 1 aromatic carbocycles. The monoisotopic (exact) mass is 322 g/mol. The van der Waals surface area contributed by atoms with E-state index in [-0.39, 0.29) is 23.6 Å². The molecule has 3 aliphatic heterocycles. The average molecular weight is 322 g/mol. The van der Waals surface area contributed by atoms with Crippen LogP contribution in [-0.2, 0) is 14.4 Å². The molecule has 2 amide bonds. The number of carbonyl (C=O) groups excluding carboxylic acids is 3. The largest absolute Gasteiger partial charge is 0.293 e. The molecule has 24 heavy (non-hydrogen) atoms. The molecule has 3 unspecified atom stereocenters. The summed E-state index contributed by atoms with van der Waals surface area (Å²) in [5, 5.41) is 0. The summed E-state index contributed by atoms with van der Waals surface area (Å²) < 4.78 is 0. The van der Waals surface area contributed by atoms with E-state index in [4.69, 9.17) is 0 Å². The van der Waals surface area contributed by atoms with E-state index in [1.54, 1.807) is 18.2 Å². The summed E-state index contributed by atoms with van der Waals surface area (Å²) in [5.74, 6) is -0.766. The molecule has 1 aliphatic carbocycles. The Labute approximate surface area is 139 Å². The number of hydrogen-bond acceptors (Lipinski definition) is 4. The highest BCUT2D eigenvalue weighted by Gasteiger charge is 2.64. The van der Waals surface area contributed by atoms with Crippen LogP contribution in [0.1, 0.15) is 12.8 Å². The van der Waals surface area contributed by atoms with Crippen LogP contribution in [0.5, 0.6) is 0 Å². The normalized spacial score (nSPS) is 35.0. The molecule has 2 bridgehead atoms. The van der Waals surface area contributed by atoms with Crippen LogP contribution in [0.2, 0.25) is 0 Å². The van der Waals surface area contributed by atoms with E-state index in [1.165, 1.54) is 17.7 Å². The average Bonchev–Trinajstić information content (AvgIpc) is 3.30. The Balaban J connectivity index is 1.54. The van der Waals surface area contributed by atoms with Gasteiger partial charge < -0.3 is 0 Å². The molecule has 1 aromatic rings. The Morgan fingerprint density at radius 1 is 0.958 bits per heavy atom. The van der Waals surface area contributed by atoms with E-state index in [2.05, 4.69) is 4.90 Å². The van der Waals surface area contributed by atoms with Crippen LogP contribution in [0.4, 0.5) is 5.69 Å². The topological polar surface area (TPSA) is 57.7 Å². The molecule has 3 fully saturated rings. The summed E-state index contributed by atoms with van der Waals surface area (Å²) >= 11 is 0. The van der Waals surface area contributed by atoms with Crippen molar-refractivity contribution in [2.45, 2.75) is 24.9 Å². The second-order valence-corrected chi connectivity index (χ2v) is 7.24. The van der Waals surface area contributed by atoms with Crippen molar-refractivity contribution >= 4 is 23.3 Å². The minimum atomic E-state index is -0.538. The Bertz CT molecular complexity index is 768. The summed E-state index contributed by atoms with van der Waals surface area (Å²) in [5.41, 5.74) is 0.602. The smallest absolute Gasteiger partial charge is 0.239 e. The van der Waals surface area contributed by atoms with Crippen LogP contribution in [0.25, 0.3) is 0 Å². The number of nitrogens with zero attached hydrogens (tertiary/aromatic N) is 2. The van der Waals surface area contributed by atoms with E-state index >= 15 is 0 Å². The van der Waals surface area contributed by atoms with Crippen LogP contribution in [0.15, 0.2) is 42.5 Å². The molecular weight excluding hydrogens is 304 g/mol. The maximum Gasteiger partial charge on any atom is 0.239 e. The number of anilines is 1. The fourth-order valence-corrected chi connectivity index (χ4v) is 4.53. The first kappa shape index (κ1) is 14.1. The van der Waals surface area contributed by atoms with Gasteiger partial charge in [0.15, 0.2) is 5.78 Å². The lowest BCUT2D eigenvalue weighted by Crippen LogP contribution is -2.49. The maximum atomic E-state index is 13.0. The molecular formula is C19H18N2O3. The summed E-state index contributed by atoms with van der Waals surface area (Å²) in [6, 6.07) is 8.44. The second-order valence-electron chi connectivity index (χ2n) is 7.24. The molecule has 5 heteroatoms. The van der Waals surface area contributed by atoms with Crippen molar-refractivity contribution in [1.29, 1.82) is 0 Å². The molecule has 5 rings (SSSR count). The molecule has 0 spiro atoms. The van der Waals surface area contributed by atoms with E-state index in [0.29, 0.717) is 11.6 Å².